The molecule has 1 atom stereocenters. The molecule has 1 aliphatic carbocycles. The molecule has 1 aliphatic heterocycles. The molecule has 4 rings (SSSR count). The Labute approximate surface area is 171 Å². The van der Waals surface area contributed by atoms with E-state index in [4.69, 9.17) is 14.2 Å². The molecule has 2 aromatic carbocycles. The van der Waals surface area contributed by atoms with Gasteiger partial charge in [-0.3, -0.25) is 4.79 Å². The van der Waals surface area contributed by atoms with Gasteiger partial charge in [0.15, 0.2) is 11.5 Å². The Morgan fingerprint density at radius 1 is 1.10 bits per heavy atom. The zero-order valence-corrected chi connectivity index (χ0v) is 17.0. The van der Waals surface area contributed by atoms with E-state index in [2.05, 4.69) is 10.6 Å². The van der Waals surface area contributed by atoms with E-state index in [0.717, 1.165) is 42.7 Å². The lowest BCUT2D eigenvalue weighted by molar-refractivity contribution is -0.115. The third kappa shape index (κ3) is 4.32. The molecule has 2 aliphatic rings. The highest BCUT2D eigenvalue weighted by atomic mass is 16.7. The Hall–Kier alpha value is -2.73. The SMILES string of the molecule is COc1ccccc1C(C)NCC(=O)Nc1ccc2c(c1)OC1(CCCCC1)O2. The quantitative estimate of drug-likeness (QED) is 0.757. The van der Waals surface area contributed by atoms with Crippen molar-refractivity contribution in [2.24, 2.45) is 0 Å². The van der Waals surface area contributed by atoms with Crippen LogP contribution in [0.5, 0.6) is 17.2 Å². The van der Waals surface area contributed by atoms with Gasteiger partial charge in [0.1, 0.15) is 5.75 Å². The summed E-state index contributed by atoms with van der Waals surface area (Å²) >= 11 is 0. The van der Waals surface area contributed by atoms with Gasteiger partial charge in [-0.25, -0.2) is 0 Å². The second kappa shape index (κ2) is 8.33. The van der Waals surface area contributed by atoms with Gasteiger partial charge in [-0.05, 0) is 38.0 Å². The molecule has 0 bridgehead atoms. The normalized spacial score (nSPS) is 17.7. The average Bonchev–Trinajstić information content (AvgIpc) is 3.08. The molecule has 0 saturated heterocycles. The fourth-order valence-electron chi connectivity index (χ4n) is 4.05. The smallest absolute Gasteiger partial charge is 0.251 e. The number of hydrogen-bond donors (Lipinski definition) is 2. The first-order valence-corrected chi connectivity index (χ1v) is 10.3. The predicted molar refractivity (Wildman–Crippen MR) is 112 cm³/mol. The summed E-state index contributed by atoms with van der Waals surface area (Å²) in [4.78, 5) is 12.4. The van der Waals surface area contributed by atoms with Gasteiger partial charge in [0.2, 0.25) is 5.91 Å². The molecule has 1 amide bonds. The first kappa shape index (κ1) is 19.6. The lowest BCUT2D eigenvalue weighted by Crippen LogP contribution is -2.40. The van der Waals surface area contributed by atoms with Crippen LogP contribution in [0.2, 0.25) is 0 Å². The maximum Gasteiger partial charge on any atom is 0.251 e. The maximum atomic E-state index is 12.4. The highest BCUT2D eigenvalue weighted by molar-refractivity contribution is 5.92. The van der Waals surface area contributed by atoms with Crippen LogP contribution in [0.25, 0.3) is 0 Å². The Morgan fingerprint density at radius 3 is 2.66 bits per heavy atom. The Kier molecular flexibility index (Phi) is 5.62. The van der Waals surface area contributed by atoms with Gasteiger partial charge in [-0.2, -0.15) is 0 Å². The van der Waals surface area contributed by atoms with Gasteiger partial charge in [-0.1, -0.05) is 24.6 Å². The van der Waals surface area contributed by atoms with Crippen molar-refractivity contribution in [1.29, 1.82) is 0 Å². The van der Waals surface area contributed by atoms with E-state index < -0.39 is 5.79 Å². The molecule has 154 valence electrons. The van der Waals surface area contributed by atoms with Gasteiger partial charge in [-0.15, -0.1) is 0 Å². The molecular formula is C23H28N2O4. The second-order valence-electron chi connectivity index (χ2n) is 7.73. The number of anilines is 1. The molecule has 0 radical (unpaired) electrons. The standard InChI is InChI=1S/C23H28N2O4/c1-16(18-8-4-5-9-19(18)27-2)24-15-22(26)25-17-10-11-20-21(14-17)29-23(28-20)12-6-3-7-13-23/h4-5,8-11,14,16,24H,3,6-7,12-13,15H2,1-2H3,(H,25,26). The summed E-state index contributed by atoms with van der Waals surface area (Å²) < 4.78 is 17.6. The number of fused-ring (bicyclic) bond motifs is 1. The van der Waals surface area contributed by atoms with E-state index in [1.807, 2.05) is 49.4 Å². The molecule has 1 spiro atoms. The molecule has 1 fully saturated rings. The third-order valence-corrected chi connectivity index (χ3v) is 5.61. The Balaban J connectivity index is 1.33. The minimum absolute atomic E-state index is 0.0141. The molecule has 0 aromatic heterocycles. The van der Waals surface area contributed by atoms with E-state index in [0.29, 0.717) is 11.4 Å². The molecule has 29 heavy (non-hydrogen) atoms. The second-order valence-corrected chi connectivity index (χ2v) is 7.73. The molecule has 1 heterocycles. The van der Waals surface area contributed by atoms with Gasteiger partial charge in [0.25, 0.3) is 5.79 Å². The number of benzene rings is 2. The highest BCUT2D eigenvalue weighted by Gasteiger charge is 2.42. The van der Waals surface area contributed by atoms with Crippen LogP contribution in [-0.2, 0) is 4.79 Å². The average molecular weight is 396 g/mol. The van der Waals surface area contributed by atoms with Crippen LogP contribution in [0.4, 0.5) is 5.69 Å². The summed E-state index contributed by atoms with van der Waals surface area (Å²) in [6.07, 6.45) is 5.29. The first-order valence-electron chi connectivity index (χ1n) is 10.3. The fourth-order valence-corrected chi connectivity index (χ4v) is 4.05. The lowest BCUT2D eigenvalue weighted by Gasteiger charge is -2.31. The van der Waals surface area contributed by atoms with Crippen LogP contribution < -0.4 is 24.8 Å². The summed E-state index contributed by atoms with van der Waals surface area (Å²) in [6, 6.07) is 13.4. The maximum absolute atomic E-state index is 12.4. The van der Waals surface area contributed by atoms with Crippen molar-refractivity contribution in [3.8, 4) is 17.2 Å². The number of carbonyl (C=O) groups is 1. The van der Waals surface area contributed by atoms with Crippen LogP contribution in [0, 0.1) is 0 Å². The zero-order valence-electron chi connectivity index (χ0n) is 17.0. The number of ether oxygens (including phenoxy) is 3. The Bertz CT molecular complexity index is 877. The minimum atomic E-state index is -0.505. The number of para-hydroxylation sites is 1. The lowest BCUT2D eigenvalue weighted by atomic mass is 9.94. The van der Waals surface area contributed by atoms with Gasteiger partial charge < -0.3 is 24.8 Å². The minimum Gasteiger partial charge on any atom is -0.496 e. The van der Waals surface area contributed by atoms with E-state index in [9.17, 15) is 4.79 Å². The van der Waals surface area contributed by atoms with Crippen molar-refractivity contribution < 1.29 is 19.0 Å². The highest BCUT2D eigenvalue weighted by Crippen LogP contribution is 2.46. The number of carbonyl (C=O) groups excluding carboxylic acids is 1. The van der Waals surface area contributed by atoms with Crippen LogP contribution in [0.1, 0.15) is 50.6 Å². The molecule has 1 saturated carbocycles. The summed E-state index contributed by atoms with van der Waals surface area (Å²) in [5, 5.41) is 6.17. The van der Waals surface area contributed by atoms with Gasteiger partial charge in [0, 0.05) is 36.2 Å². The van der Waals surface area contributed by atoms with Crippen molar-refractivity contribution in [3.63, 3.8) is 0 Å². The number of methoxy groups -OCH3 is 1. The van der Waals surface area contributed by atoms with Gasteiger partial charge >= 0.3 is 0 Å². The fraction of sp³-hybridized carbons (Fsp3) is 0.435. The molecular weight excluding hydrogens is 368 g/mol. The summed E-state index contributed by atoms with van der Waals surface area (Å²) in [5.74, 6) is 1.65. The summed E-state index contributed by atoms with van der Waals surface area (Å²) in [5.41, 5.74) is 1.72. The van der Waals surface area contributed by atoms with Crippen LogP contribution in [0.3, 0.4) is 0 Å². The summed E-state index contributed by atoms with van der Waals surface area (Å²) in [6.45, 7) is 2.20. The molecule has 2 aromatic rings. The van der Waals surface area contributed by atoms with E-state index in [-0.39, 0.29) is 18.5 Å². The van der Waals surface area contributed by atoms with Crippen molar-refractivity contribution in [2.45, 2.75) is 50.9 Å². The monoisotopic (exact) mass is 396 g/mol. The van der Waals surface area contributed by atoms with Crippen molar-refractivity contribution in [1.82, 2.24) is 5.32 Å². The summed E-state index contributed by atoms with van der Waals surface area (Å²) in [7, 11) is 1.65. The van der Waals surface area contributed by atoms with E-state index in [1.54, 1.807) is 7.11 Å². The van der Waals surface area contributed by atoms with Crippen LogP contribution >= 0.6 is 0 Å². The van der Waals surface area contributed by atoms with Crippen molar-refractivity contribution in [2.75, 3.05) is 19.0 Å². The molecule has 6 nitrogen and oxygen atoms in total. The number of hydrogen-bond acceptors (Lipinski definition) is 5. The predicted octanol–water partition coefficient (Wildman–Crippen LogP) is 4.42. The van der Waals surface area contributed by atoms with Crippen LogP contribution in [0.15, 0.2) is 42.5 Å². The zero-order chi connectivity index (χ0) is 20.3. The number of rotatable bonds is 6. The van der Waals surface area contributed by atoms with E-state index >= 15 is 0 Å². The Morgan fingerprint density at radius 2 is 1.86 bits per heavy atom. The first-order chi connectivity index (χ1) is 14.1. The largest absolute Gasteiger partial charge is 0.496 e. The topological polar surface area (TPSA) is 68.8 Å². The van der Waals surface area contributed by atoms with Crippen molar-refractivity contribution >= 4 is 11.6 Å². The van der Waals surface area contributed by atoms with Crippen molar-refractivity contribution in [3.05, 3.63) is 48.0 Å². The van der Waals surface area contributed by atoms with Crippen LogP contribution in [-0.4, -0.2) is 25.3 Å². The van der Waals surface area contributed by atoms with E-state index in [1.165, 1.54) is 6.42 Å². The molecule has 6 heteroatoms. The molecule has 2 N–H and O–H groups in total. The van der Waals surface area contributed by atoms with Gasteiger partial charge in [0.05, 0.1) is 13.7 Å². The molecule has 1 unspecified atom stereocenters. The number of amides is 1. The third-order valence-electron chi connectivity index (χ3n) is 5.61. The number of nitrogens with one attached hydrogen (secondary N) is 2.